The maximum atomic E-state index is 12.2. The number of rotatable bonds is 4. The van der Waals surface area contributed by atoms with Crippen LogP contribution >= 0.6 is 11.8 Å². The average Bonchev–Trinajstić information content (AvgIpc) is 2.94. The zero-order valence-electron chi connectivity index (χ0n) is 12.1. The van der Waals surface area contributed by atoms with Crippen molar-refractivity contribution in [2.45, 2.75) is 43.6 Å². The lowest BCUT2D eigenvalue weighted by atomic mass is 9.76. The molecule has 1 amide bonds. The molecule has 21 heavy (non-hydrogen) atoms. The van der Waals surface area contributed by atoms with Gasteiger partial charge in [-0.15, -0.1) is 11.8 Å². The fraction of sp³-hybridized carbons (Fsp3) is 0.714. The Morgan fingerprint density at radius 2 is 2.19 bits per heavy atom. The van der Waals surface area contributed by atoms with Gasteiger partial charge in [-0.25, -0.2) is 4.79 Å². The van der Waals surface area contributed by atoms with Gasteiger partial charge < -0.3 is 20.4 Å². The first-order valence-electron chi connectivity index (χ1n) is 7.20. The summed E-state index contributed by atoms with van der Waals surface area (Å²) in [4.78, 5) is 25.9. The summed E-state index contributed by atoms with van der Waals surface area (Å²) in [5.74, 6) is -1.83. The van der Waals surface area contributed by atoms with Gasteiger partial charge in [0.05, 0.1) is 17.6 Å². The number of carbonyl (C=O) groups excluding carboxylic acids is 1. The summed E-state index contributed by atoms with van der Waals surface area (Å²) in [6.45, 7) is 5.04. The predicted molar refractivity (Wildman–Crippen MR) is 78.6 cm³/mol. The number of nitrogens with one attached hydrogen (secondary N) is 1. The molecule has 0 radical (unpaired) electrons. The van der Waals surface area contributed by atoms with Crippen molar-refractivity contribution in [3.8, 4) is 0 Å². The van der Waals surface area contributed by atoms with Crippen LogP contribution in [0.25, 0.3) is 0 Å². The van der Waals surface area contributed by atoms with E-state index in [-0.39, 0.29) is 17.6 Å². The maximum absolute atomic E-state index is 12.2. The lowest BCUT2D eigenvalue weighted by Gasteiger charge is -2.48. The summed E-state index contributed by atoms with van der Waals surface area (Å²) in [6.07, 6.45) is 1.55. The smallest absolute Gasteiger partial charge is 0.353 e. The second-order valence-electron chi connectivity index (χ2n) is 6.42. The molecule has 7 heteroatoms. The Balaban J connectivity index is 1.83. The molecule has 3 aliphatic rings. The largest absolute Gasteiger partial charge is 0.477 e. The molecule has 2 fully saturated rings. The first-order valence-corrected chi connectivity index (χ1v) is 8.08. The van der Waals surface area contributed by atoms with Gasteiger partial charge in [-0.2, -0.15) is 0 Å². The minimum Gasteiger partial charge on any atom is -0.477 e. The predicted octanol–water partition coefficient (Wildman–Crippen LogP) is 0.379. The van der Waals surface area contributed by atoms with Gasteiger partial charge in [0.2, 0.25) is 5.91 Å². The van der Waals surface area contributed by atoms with E-state index < -0.39 is 17.5 Å². The van der Waals surface area contributed by atoms with E-state index in [0.29, 0.717) is 11.7 Å². The molecule has 116 valence electrons. The second kappa shape index (κ2) is 5.00. The van der Waals surface area contributed by atoms with Gasteiger partial charge in [0.25, 0.3) is 0 Å². The van der Waals surface area contributed by atoms with Crippen molar-refractivity contribution in [3.63, 3.8) is 0 Å². The molecule has 0 spiro atoms. The lowest BCUT2D eigenvalue weighted by molar-refractivity contribution is -0.169. The van der Waals surface area contributed by atoms with Crippen molar-refractivity contribution in [3.05, 3.63) is 10.6 Å². The van der Waals surface area contributed by atoms with Crippen LogP contribution in [0, 0.1) is 5.92 Å². The zero-order valence-corrected chi connectivity index (χ0v) is 12.9. The molecule has 2 saturated heterocycles. The van der Waals surface area contributed by atoms with Crippen LogP contribution in [0.5, 0.6) is 0 Å². The molecule has 0 saturated carbocycles. The number of thioether (sulfide) groups is 1. The minimum absolute atomic E-state index is 0.127. The molecular weight excluding hydrogens is 292 g/mol. The fourth-order valence-electron chi connectivity index (χ4n) is 3.48. The number of nitrogens with zero attached hydrogens (tertiary/aromatic N) is 1. The van der Waals surface area contributed by atoms with E-state index in [1.165, 1.54) is 4.90 Å². The van der Waals surface area contributed by atoms with Crippen molar-refractivity contribution >= 4 is 23.6 Å². The first-order chi connectivity index (χ1) is 9.80. The number of β-lactam (4-membered cyclic amide) rings is 1. The van der Waals surface area contributed by atoms with Gasteiger partial charge in [0.15, 0.2) is 0 Å². The Labute approximate surface area is 127 Å². The monoisotopic (exact) mass is 312 g/mol. The van der Waals surface area contributed by atoms with Gasteiger partial charge in [-0.1, -0.05) is 0 Å². The Bertz CT molecular complexity index is 520. The highest BCUT2D eigenvalue weighted by Crippen LogP contribution is 2.50. The van der Waals surface area contributed by atoms with Crippen LogP contribution in [-0.2, 0) is 9.59 Å². The summed E-state index contributed by atoms with van der Waals surface area (Å²) < 4.78 is 0. The molecule has 3 N–H and O–H groups in total. The zero-order chi connectivity index (χ0) is 15.4. The van der Waals surface area contributed by atoms with E-state index >= 15 is 0 Å². The fourth-order valence-corrected chi connectivity index (χ4v) is 4.88. The molecule has 3 heterocycles. The number of hydrogen-bond donors (Lipinski definition) is 3. The second-order valence-corrected chi connectivity index (χ2v) is 7.82. The number of hydrogen-bond acceptors (Lipinski definition) is 5. The van der Waals surface area contributed by atoms with Crippen LogP contribution in [0.4, 0.5) is 0 Å². The van der Waals surface area contributed by atoms with Crippen molar-refractivity contribution in [1.82, 2.24) is 10.2 Å². The van der Waals surface area contributed by atoms with Gasteiger partial charge in [0.1, 0.15) is 5.70 Å². The van der Waals surface area contributed by atoms with Crippen LogP contribution in [0.3, 0.4) is 0 Å². The third kappa shape index (κ3) is 2.37. The number of carboxylic acids is 1. The normalized spacial score (nSPS) is 32.4. The molecule has 0 bridgehead atoms. The SMILES string of the molecule is CC(C)(O)[C@@H]1C(=O)N2C(C(=O)O)=C(S[C@H]3CCNC3)C[C@H]12. The number of amides is 1. The number of aliphatic hydroxyl groups is 1. The Morgan fingerprint density at radius 3 is 2.71 bits per heavy atom. The first kappa shape index (κ1) is 14.9. The molecule has 3 atom stereocenters. The average molecular weight is 312 g/mol. The third-order valence-corrected chi connectivity index (χ3v) is 5.79. The van der Waals surface area contributed by atoms with Gasteiger partial charge in [0, 0.05) is 23.1 Å². The highest BCUT2D eigenvalue weighted by molar-refractivity contribution is 8.03. The third-order valence-electron chi connectivity index (χ3n) is 4.41. The standard InChI is InChI=1S/C14H20N2O4S/c1-14(2,20)10-8-5-9(21-7-3-4-15-6-7)11(13(18)19)16(8)12(10)17/h7-8,10,15,20H,3-6H2,1-2H3,(H,18,19)/t7-,8+,10-/m0/s1. The molecule has 0 aromatic carbocycles. The molecule has 3 rings (SSSR count). The van der Waals surface area contributed by atoms with Gasteiger partial charge in [-0.3, -0.25) is 4.79 Å². The number of aliphatic carboxylic acids is 1. The summed E-state index contributed by atoms with van der Waals surface area (Å²) in [5.41, 5.74) is -0.987. The van der Waals surface area contributed by atoms with Crippen LogP contribution in [0.1, 0.15) is 26.7 Å². The van der Waals surface area contributed by atoms with Crippen LogP contribution < -0.4 is 5.32 Å². The van der Waals surface area contributed by atoms with E-state index in [0.717, 1.165) is 24.4 Å². The van der Waals surface area contributed by atoms with Crippen molar-refractivity contribution in [2.75, 3.05) is 13.1 Å². The Morgan fingerprint density at radius 1 is 1.48 bits per heavy atom. The lowest BCUT2D eigenvalue weighted by Crippen LogP contribution is -2.65. The molecule has 0 unspecified atom stereocenters. The van der Waals surface area contributed by atoms with E-state index in [1.54, 1.807) is 25.6 Å². The van der Waals surface area contributed by atoms with Crippen molar-refractivity contribution in [2.24, 2.45) is 5.92 Å². The molecule has 0 aromatic heterocycles. The summed E-state index contributed by atoms with van der Waals surface area (Å²) >= 11 is 1.57. The number of carboxylic acid groups (broad SMARTS) is 1. The van der Waals surface area contributed by atoms with E-state index in [4.69, 9.17) is 0 Å². The Hall–Kier alpha value is -1.05. The van der Waals surface area contributed by atoms with Gasteiger partial charge >= 0.3 is 5.97 Å². The minimum atomic E-state index is -1.11. The molecule has 6 nitrogen and oxygen atoms in total. The summed E-state index contributed by atoms with van der Waals surface area (Å²) in [7, 11) is 0. The van der Waals surface area contributed by atoms with Crippen LogP contribution in [0.2, 0.25) is 0 Å². The number of carbonyl (C=O) groups is 2. The highest BCUT2D eigenvalue weighted by Gasteiger charge is 2.59. The highest BCUT2D eigenvalue weighted by atomic mass is 32.2. The van der Waals surface area contributed by atoms with Crippen LogP contribution in [-0.4, -0.2) is 57.0 Å². The quantitative estimate of drug-likeness (QED) is 0.650. The maximum Gasteiger partial charge on any atom is 0.353 e. The summed E-state index contributed by atoms with van der Waals surface area (Å²) in [6, 6.07) is -0.208. The van der Waals surface area contributed by atoms with Gasteiger partial charge in [-0.05, 0) is 26.8 Å². The van der Waals surface area contributed by atoms with E-state index in [2.05, 4.69) is 5.32 Å². The molecule has 0 aliphatic carbocycles. The Kier molecular flexibility index (Phi) is 3.54. The van der Waals surface area contributed by atoms with Crippen molar-refractivity contribution in [1.29, 1.82) is 0 Å². The van der Waals surface area contributed by atoms with E-state index in [1.807, 2.05) is 0 Å². The number of fused-ring (bicyclic) bond motifs is 1. The van der Waals surface area contributed by atoms with Crippen molar-refractivity contribution < 1.29 is 19.8 Å². The topological polar surface area (TPSA) is 89.9 Å². The molecule has 3 aliphatic heterocycles. The van der Waals surface area contributed by atoms with E-state index in [9.17, 15) is 19.8 Å². The van der Waals surface area contributed by atoms with Crippen LogP contribution in [0.15, 0.2) is 10.6 Å². The molecular formula is C14H20N2O4S. The molecule has 0 aromatic rings. The summed E-state index contributed by atoms with van der Waals surface area (Å²) in [5, 5.41) is 23.2.